The highest BCUT2D eigenvalue weighted by atomic mass is 35.5. The fourth-order valence-electron chi connectivity index (χ4n) is 0.823. The molecule has 0 bridgehead atoms. The number of rotatable bonds is 3. The first-order chi connectivity index (χ1) is 8.45. The lowest BCUT2D eigenvalue weighted by Gasteiger charge is -2.05. The summed E-state index contributed by atoms with van der Waals surface area (Å²) in [6, 6.07) is 8.65. The number of hydrogen-bond donors (Lipinski definition) is 0. The Balaban J connectivity index is 0.000000331. The Morgan fingerprint density at radius 2 is 1.72 bits per heavy atom. The van der Waals surface area contributed by atoms with Crippen LogP contribution in [0, 0.1) is 0 Å². The van der Waals surface area contributed by atoms with Gasteiger partial charge in [0.15, 0.2) is 0 Å². The molecule has 1 aromatic rings. The maximum atomic E-state index is 10.2. The monoisotopic (exact) mass is 292 g/mol. The van der Waals surface area contributed by atoms with E-state index in [9.17, 15) is 9.59 Å². The van der Waals surface area contributed by atoms with Crippen LogP contribution in [0.1, 0.15) is 20.3 Å². The number of benzene rings is 1. The Morgan fingerprint density at radius 1 is 1.17 bits per heavy atom. The van der Waals surface area contributed by atoms with Gasteiger partial charge < -0.3 is 9.47 Å². The maximum Gasteiger partial charge on any atom is 0.409 e. The molecule has 1 rings (SSSR count). The van der Waals surface area contributed by atoms with E-state index in [-0.39, 0.29) is 6.10 Å². The highest BCUT2D eigenvalue weighted by Crippen LogP contribution is 2.09. The van der Waals surface area contributed by atoms with E-state index in [1.807, 2.05) is 13.0 Å². The van der Waals surface area contributed by atoms with Crippen LogP contribution >= 0.6 is 23.2 Å². The van der Waals surface area contributed by atoms with E-state index >= 15 is 0 Å². The molecule has 0 aliphatic rings. The molecule has 0 heterocycles. The van der Waals surface area contributed by atoms with E-state index in [0.717, 1.165) is 6.42 Å². The fourth-order valence-corrected chi connectivity index (χ4v) is 1.06. The minimum atomic E-state index is -0.814. The summed E-state index contributed by atoms with van der Waals surface area (Å²) in [7, 11) is 0. The largest absolute Gasteiger partial charge is 0.451 e. The van der Waals surface area contributed by atoms with Crippen LogP contribution in [-0.2, 0) is 4.74 Å². The molecule has 1 aromatic carbocycles. The number of halogens is 2. The van der Waals surface area contributed by atoms with E-state index in [1.165, 1.54) is 0 Å². The van der Waals surface area contributed by atoms with Crippen LogP contribution in [0.3, 0.4) is 0 Å². The summed E-state index contributed by atoms with van der Waals surface area (Å²) in [5.74, 6) is 0.461. The zero-order chi connectivity index (χ0) is 14.0. The van der Waals surface area contributed by atoms with Gasteiger partial charge >= 0.3 is 10.9 Å². The molecule has 0 amide bonds. The Hall–Kier alpha value is -1.26. The average Bonchev–Trinajstić information content (AvgIpc) is 2.29. The van der Waals surface area contributed by atoms with E-state index in [0.29, 0.717) is 5.75 Å². The van der Waals surface area contributed by atoms with Gasteiger partial charge in [-0.1, -0.05) is 25.1 Å². The third-order valence-electron chi connectivity index (χ3n) is 1.81. The van der Waals surface area contributed by atoms with E-state index in [1.54, 1.807) is 31.2 Å². The van der Waals surface area contributed by atoms with Gasteiger partial charge in [0.25, 0.3) is 0 Å². The molecule has 1 unspecified atom stereocenters. The number of para-hydroxylation sites is 1. The van der Waals surface area contributed by atoms with Gasteiger partial charge in [-0.05, 0) is 25.5 Å². The van der Waals surface area contributed by atoms with Crippen molar-refractivity contribution in [2.24, 2.45) is 0 Å². The summed E-state index contributed by atoms with van der Waals surface area (Å²) in [6.07, 6.45) is 0.748. The molecule has 1 atom stereocenters. The Bertz CT molecular complexity index is 368. The molecule has 6 heteroatoms. The number of hydrogen-bond acceptors (Lipinski definition) is 4. The van der Waals surface area contributed by atoms with Crippen molar-refractivity contribution in [2.45, 2.75) is 26.4 Å². The zero-order valence-electron chi connectivity index (χ0n) is 10.1. The van der Waals surface area contributed by atoms with Crippen LogP contribution in [0.5, 0.6) is 5.75 Å². The molecule has 4 nitrogen and oxygen atoms in total. The van der Waals surface area contributed by atoms with Gasteiger partial charge in [0, 0.05) is 23.2 Å². The first kappa shape index (κ1) is 16.7. The van der Waals surface area contributed by atoms with Crippen LogP contribution < -0.4 is 4.74 Å². The summed E-state index contributed by atoms with van der Waals surface area (Å²) in [4.78, 5) is 20.1. The predicted molar refractivity (Wildman–Crippen MR) is 70.4 cm³/mol. The molecule has 0 spiro atoms. The van der Waals surface area contributed by atoms with Crippen molar-refractivity contribution >= 4 is 34.1 Å². The first-order valence-corrected chi connectivity index (χ1v) is 5.99. The van der Waals surface area contributed by atoms with Crippen LogP contribution in [-0.4, -0.2) is 17.0 Å². The summed E-state index contributed by atoms with van der Waals surface area (Å²) >= 11 is 9.84. The highest BCUT2D eigenvalue weighted by molar-refractivity contribution is 6.61. The summed E-state index contributed by atoms with van der Waals surface area (Å²) in [6.45, 7) is 3.71. The Labute approximate surface area is 116 Å². The molecule has 0 aromatic heterocycles. The maximum absolute atomic E-state index is 10.2. The first-order valence-electron chi connectivity index (χ1n) is 5.24. The van der Waals surface area contributed by atoms with Gasteiger partial charge in [0.05, 0.1) is 0 Å². The van der Waals surface area contributed by atoms with Crippen molar-refractivity contribution in [3.8, 4) is 5.75 Å². The quantitative estimate of drug-likeness (QED) is 0.765. The van der Waals surface area contributed by atoms with Gasteiger partial charge in [-0.3, -0.25) is 0 Å². The predicted octanol–water partition coefficient (Wildman–Crippen LogP) is 4.58. The Kier molecular flexibility index (Phi) is 9.06. The van der Waals surface area contributed by atoms with Crippen molar-refractivity contribution in [3.63, 3.8) is 0 Å². The van der Waals surface area contributed by atoms with Crippen molar-refractivity contribution in [1.82, 2.24) is 0 Å². The van der Waals surface area contributed by atoms with Gasteiger partial charge in [0.2, 0.25) is 0 Å². The molecule has 0 N–H and O–H groups in total. The van der Waals surface area contributed by atoms with Crippen LogP contribution in [0.15, 0.2) is 30.3 Å². The van der Waals surface area contributed by atoms with Crippen LogP contribution in [0.4, 0.5) is 9.59 Å². The molecule has 0 radical (unpaired) electrons. The Morgan fingerprint density at radius 3 is 2.06 bits per heavy atom. The van der Waals surface area contributed by atoms with Crippen molar-refractivity contribution < 1.29 is 19.1 Å². The van der Waals surface area contributed by atoms with E-state index < -0.39 is 10.9 Å². The number of carbonyl (C=O) groups excluding carboxylic acids is 2. The molecule has 100 valence electrons. The van der Waals surface area contributed by atoms with E-state index in [2.05, 4.69) is 9.47 Å². The van der Waals surface area contributed by atoms with Gasteiger partial charge in [-0.2, -0.15) is 0 Å². The SMILES string of the molecule is CCC(C)OC(=O)Cl.O=C(Cl)Oc1ccccc1. The summed E-state index contributed by atoms with van der Waals surface area (Å²) < 4.78 is 9.07. The van der Waals surface area contributed by atoms with Crippen molar-refractivity contribution in [3.05, 3.63) is 30.3 Å². The number of ether oxygens (including phenoxy) is 2. The average molecular weight is 293 g/mol. The standard InChI is InChI=1S/C7H5ClO2.C5H9ClO2/c8-7(9)10-6-4-2-1-3-5-6;1-3-4(2)8-5(6)7/h1-5H;4H,3H2,1-2H3. The normalized spacial score (nSPS) is 10.7. The van der Waals surface area contributed by atoms with Crippen molar-refractivity contribution in [2.75, 3.05) is 0 Å². The summed E-state index contributed by atoms with van der Waals surface area (Å²) in [5.41, 5.74) is -1.54. The van der Waals surface area contributed by atoms with Crippen LogP contribution in [0.25, 0.3) is 0 Å². The lowest BCUT2D eigenvalue weighted by molar-refractivity contribution is 0.129. The third-order valence-corrected chi connectivity index (χ3v) is 1.98. The van der Waals surface area contributed by atoms with Crippen LogP contribution in [0.2, 0.25) is 0 Å². The third kappa shape index (κ3) is 9.93. The molecule has 18 heavy (non-hydrogen) atoms. The lowest BCUT2D eigenvalue weighted by Crippen LogP contribution is -2.07. The van der Waals surface area contributed by atoms with Gasteiger partial charge in [-0.15, -0.1) is 0 Å². The molecule has 0 aliphatic carbocycles. The minimum Gasteiger partial charge on any atom is -0.451 e. The minimum absolute atomic E-state index is 0.0556. The zero-order valence-corrected chi connectivity index (χ0v) is 11.6. The second kappa shape index (κ2) is 9.74. The second-order valence-electron chi connectivity index (χ2n) is 3.23. The smallest absolute Gasteiger partial charge is 0.409 e. The summed E-state index contributed by atoms with van der Waals surface area (Å²) in [5, 5.41) is 0. The number of carbonyl (C=O) groups is 2. The molecule has 0 aliphatic heterocycles. The van der Waals surface area contributed by atoms with E-state index in [4.69, 9.17) is 23.2 Å². The topological polar surface area (TPSA) is 52.6 Å². The molecule has 0 saturated heterocycles. The molecular weight excluding hydrogens is 279 g/mol. The molecule has 0 saturated carbocycles. The highest BCUT2D eigenvalue weighted by Gasteiger charge is 2.01. The second-order valence-corrected chi connectivity index (χ2v) is 3.84. The lowest BCUT2D eigenvalue weighted by atomic mass is 10.3. The van der Waals surface area contributed by atoms with Gasteiger partial charge in [0.1, 0.15) is 11.9 Å². The molecule has 0 fully saturated rings. The van der Waals surface area contributed by atoms with Gasteiger partial charge in [-0.25, -0.2) is 9.59 Å². The fraction of sp³-hybridized carbons (Fsp3) is 0.333. The molecular formula is C12H14Cl2O4. The van der Waals surface area contributed by atoms with Crippen molar-refractivity contribution in [1.29, 1.82) is 0 Å².